The first kappa shape index (κ1) is 18.1. The lowest BCUT2D eigenvalue weighted by Gasteiger charge is -2.16. The van der Waals surface area contributed by atoms with E-state index in [1.165, 1.54) is 5.56 Å². The van der Waals surface area contributed by atoms with E-state index in [0.29, 0.717) is 18.1 Å². The van der Waals surface area contributed by atoms with Crippen LogP contribution < -0.4 is 10.1 Å². The number of amides is 1. The van der Waals surface area contributed by atoms with Crippen molar-refractivity contribution < 1.29 is 9.53 Å². The highest BCUT2D eigenvalue weighted by Gasteiger charge is 2.12. The Labute approximate surface area is 145 Å². The second-order valence-electron chi connectivity index (χ2n) is 6.08. The summed E-state index contributed by atoms with van der Waals surface area (Å²) in [7, 11) is 0. The molecule has 0 spiro atoms. The molecule has 2 aromatic rings. The summed E-state index contributed by atoms with van der Waals surface area (Å²) < 4.78 is 5.69. The highest BCUT2D eigenvalue weighted by atomic mass is 16.5. The molecule has 3 nitrogen and oxygen atoms in total. The highest BCUT2D eigenvalue weighted by Crippen LogP contribution is 2.27. The van der Waals surface area contributed by atoms with Crippen LogP contribution in [-0.2, 0) is 0 Å². The molecule has 2 aromatic carbocycles. The second-order valence-corrected chi connectivity index (χ2v) is 6.08. The van der Waals surface area contributed by atoms with Gasteiger partial charge in [-0.05, 0) is 48.6 Å². The minimum absolute atomic E-state index is 0.105. The zero-order chi connectivity index (χ0) is 17.4. The number of nitrogens with one attached hydrogen (secondary N) is 1. The molecule has 0 aromatic heterocycles. The van der Waals surface area contributed by atoms with Crippen molar-refractivity contribution in [1.29, 1.82) is 0 Å². The van der Waals surface area contributed by atoms with Crippen LogP contribution in [0, 0.1) is 0 Å². The van der Waals surface area contributed by atoms with E-state index in [4.69, 9.17) is 4.74 Å². The standard InChI is InChI=1S/C21H27NO2/c1-4-6-14-24-18-11-9-10-17(15-18)21(23)22-20-13-8-7-12-19(20)16(3)5-2/h7-13,15-16H,4-6,14H2,1-3H3,(H,22,23)/t16-/m0/s1. The van der Waals surface area contributed by atoms with Crippen LogP contribution in [0.15, 0.2) is 48.5 Å². The minimum Gasteiger partial charge on any atom is -0.494 e. The fourth-order valence-electron chi connectivity index (χ4n) is 2.52. The van der Waals surface area contributed by atoms with Gasteiger partial charge in [0.2, 0.25) is 0 Å². The monoisotopic (exact) mass is 325 g/mol. The van der Waals surface area contributed by atoms with Gasteiger partial charge in [-0.1, -0.05) is 51.5 Å². The van der Waals surface area contributed by atoms with Gasteiger partial charge in [-0.2, -0.15) is 0 Å². The number of benzene rings is 2. The van der Waals surface area contributed by atoms with Gasteiger partial charge in [0.15, 0.2) is 0 Å². The second kappa shape index (κ2) is 9.11. The maximum atomic E-state index is 12.6. The van der Waals surface area contributed by atoms with Crippen molar-refractivity contribution >= 4 is 11.6 Å². The van der Waals surface area contributed by atoms with Crippen molar-refractivity contribution in [3.05, 3.63) is 59.7 Å². The molecule has 2 rings (SSSR count). The molecule has 3 heteroatoms. The number of rotatable bonds is 8. The van der Waals surface area contributed by atoms with Gasteiger partial charge in [0.25, 0.3) is 5.91 Å². The summed E-state index contributed by atoms with van der Waals surface area (Å²) >= 11 is 0. The maximum absolute atomic E-state index is 12.6. The first-order chi connectivity index (χ1) is 11.7. The molecular weight excluding hydrogens is 298 g/mol. The molecule has 24 heavy (non-hydrogen) atoms. The smallest absolute Gasteiger partial charge is 0.255 e. The van der Waals surface area contributed by atoms with E-state index < -0.39 is 0 Å². The van der Waals surface area contributed by atoms with Crippen LogP contribution in [0.25, 0.3) is 0 Å². The lowest BCUT2D eigenvalue weighted by Crippen LogP contribution is -2.14. The molecule has 0 unspecified atom stereocenters. The molecule has 128 valence electrons. The van der Waals surface area contributed by atoms with Crippen molar-refractivity contribution in [2.24, 2.45) is 0 Å². The number of hydrogen-bond acceptors (Lipinski definition) is 2. The van der Waals surface area contributed by atoms with Gasteiger partial charge in [-0.25, -0.2) is 0 Å². The van der Waals surface area contributed by atoms with Crippen LogP contribution in [0.4, 0.5) is 5.69 Å². The number of unbranched alkanes of at least 4 members (excludes halogenated alkanes) is 1. The summed E-state index contributed by atoms with van der Waals surface area (Å²) in [4.78, 5) is 12.6. The predicted molar refractivity (Wildman–Crippen MR) is 99.9 cm³/mol. The van der Waals surface area contributed by atoms with E-state index in [1.807, 2.05) is 36.4 Å². The third kappa shape index (κ3) is 4.85. The Hall–Kier alpha value is -2.29. The zero-order valence-electron chi connectivity index (χ0n) is 14.8. The van der Waals surface area contributed by atoms with Crippen LogP contribution >= 0.6 is 0 Å². The summed E-state index contributed by atoms with van der Waals surface area (Å²) in [6.45, 7) is 7.13. The van der Waals surface area contributed by atoms with Crippen LogP contribution in [0.5, 0.6) is 5.75 Å². The molecule has 1 amide bonds. The minimum atomic E-state index is -0.105. The molecule has 0 fully saturated rings. The summed E-state index contributed by atoms with van der Waals surface area (Å²) in [5, 5.41) is 3.04. The van der Waals surface area contributed by atoms with Crippen molar-refractivity contribution in [2.75, 3.05) is 11.9 Å². The Morgan fingerprint density at radius 2 is 1.92 bits per heavy atom. The largest absolute Gasteiger partial charge is 0.494 e. The zero-order valence-corrected chi connectivity index (χ0v) is 14.8. The van der Waals surface area contributed by atoms with E-state index >= 15 is 0 Å². The predicted octanol–water partition coefficient (Wildman–Crippen LogP) is 5.63. The number of ether oxygens (including phenoxy) is 1. The average Bonchev–Trinajstić information content (AvgIpc) is 2.62. The third-order valence-electron chi connectivity index (χ3n) is 4.22. The molecule has 0 aliphatic rings. The molecule has 1 atom stereocenters. The van der Waals surface area contributed by atoms with Gasteiger partial charge in [0.05, 0.1) is 6.61 Å². The Balaban J connectivity index is 2.11. The van der Waals surface area contributed by atoms with Crippen molar-refractivity contribution in [1.82, 2.24) is 0 Å². The van der Waals surface area contributed by atoms with E-state index in [-0.39, 0.29) is 5.91 Å². The molecular formula is C21H27NO2. The first-order valence-electron chi connectivity index (χ1n) is 8.78. The molecule has 1 N–H and O–H groups in total. The summed E-state index contributed by atoms with van der Waals surface area (Å²) in [6, 6.07) is 15.4. The topological polar surface area (TPSA) is 38.3 Å². The van der Waals surface area contributed by atoms with E-state index in [0.717, 1.165) is 30.7 Å². The maximum Gasteiger partial charge on any atom is 0.255 e. The third-order valence-corrected chi connectivity index (χ3v) is 4.22. The Kier molecular flexibility index (Phi) is 6.86. The lowest BCUT2D eigenvalue weighted by atomic mass is 9.97. The van der Waals surface area contributed by atoms with Crippen molar-refractivity contribution in [3.63, 3.8) is 0 Å². The molecule has 0 saturated carbocycles. The van der Waals surface area contributed by atoms with Crippen molar-refractivity contribution in [3.8, 4) is 5.75 Å². The summed E-state index contributed by atoms with van der Waals surface area (Å²) in [5.41, 5.74) is 2.67. The van der Waals surface area contributed by atoms with Gasteiger partial charge in [0.1, 0.15) is 5.75 Å². The molecule has 0 heterocycles. The quantitative estimate of drug-likeness (QED) is 0.639. The number of carbonyl (C=O) groups is 1. The van der Waals surface area contributed by atoms with E-state index in [9.17, 15) is 4.79 Å². The fourth-order valence-corrected chi connectivity index (χ4v) is 2.52. The van der Waals surface area contributed by atoms with E-state index in [1.54, 1.807) is 6.07 Å². The first-order valence-corrected chi connectivity index (χ1v) is 8.78. The van der Waals surface area contributed by atoms with Gasteiger partial charge in [0, 0.05) is 11.3 Å². The van der Waals surface area contributed by atoms with Crippen LogP contribution in [0.3, 0.4) is 0 Å². The highest BCUT2D eigenvalue weighted by molar-refractivity contribution is 6.04. The molecule has 0 radical (unpaired) electrons. The average molecular weight is 325 g/mol. The van der Waals surface area contributed by atoms with Crippen LogP contribution in [-0.4, -0.2) is 12.5 Å². The Morgan fingerprint density at radius 1 is 1.12 bits per heavy atom. The summed E-state index contributed by atoms with van der Waals surface area (Å²) in [5.74, 6) is 1.04. The number of para-hydroxylation sites is 1. The normalized spacial score (nSPS) is 11.8. The van der Waals surface area contributed by atoms with Crippen LogP contribution in [0.1, 0.15) is 61.9 Å². The van der Waals surface area contributed by atoms with Gasteiger partial charge in [-0.3, -0.25) is 4.79 Å². The Morgan fingerprint density at radius 3 is 2.67 bits per heavy atom. The van der Waals surface area contributed by atoms with Gasteiger partial charge < -0.3 is 10.1 Å². The number of anilines is 1. The molecule has 0 aliphatic heterocycles. The van der Waals surface area contributed by atoms with E-state index in [2.05, 4.69) is 32.2 Å². The summed E-state index contributed by atoms with van der Waals surface area (Å²) in [6.07, 6.45) is 3.14. The lowest BCUT2D eigenvalue weighted by molar-refractivity contribution is 0.102. The van der Waals surface area contributed by atoms with Crippen LogP contribution in [0.2, 0.25) is 0 Å². The molecule has 0 saturated heterocycles. The SMILES string of the molecule is CCCCOc1cccc(C(=O)Nc2ccccc2[C@@H](C)CC)c1. The number of carbonyl (C=O) groups excluding carboxylic acids is 1. The van der Waals surface area contributed by atoms with Gasteiger partial charge in [-0.15, -0.1) is 0 Å². The molecule has 0 aliphatic carbocycles. The fraction of sp³-hybridized carbons (Fsp3) is 0.381. The van der Waals surface area contributed by atoms with Gasteiger partial charge >= 0.3 is 0 Å². The number of hydrogen-bond donors (Lipinski definition) is 1. The Bertz CT molecular complexity index is 666. The van der Waals surface area contributed by atoms with Crippen molar-refractivity contribution in [2.45, 2.75) is 46.0 Å². The molecule has 0 bridgehead atoms.